The van der Waals surface area contributed by atoms with Crippen LogP contribution in [0.4, 0.5) is 0 Å². The molecule has 4 nitrogen and oxygen atoms in total. The van der Waals surface area contributed by atoms with Crippen molar-refractivity contribution < 1.29 is 15.0 Å². The van der Waals surface area contributed by atoms with Gasteiger partial charge in [-0.3, -0.25) is 4.79 Å². The molecule has 1 fully saturated rings. The van der Waals surface area contributed by atoms with Gasteiger partial charge in [0.1, 0.15) is 0 Å². The molecule has 1 saturated carbocycles. The number of aliphatic hydroxyl groups is 1. The molecule has 2 rings (SSSR count). The molecule has 1 aliphatic rings. The molecule has 5 heteroatoms. The van der Waals surface area contributed by atoms with Crippen LogP contribution in [0.25, 0.3) is 0 Å². The van der Waals surface area contributed by atoms with Crippen molar-refractivity contribution in [3.63, 3.8) is 0 Å². The Balaban J connectivity index is 0.000000249. The number of hydrogen-bond acceptors (Lipinski definition) is 4. The van der Waals surface area contributed by atoms with Crippen LogP contribution in [-0.4, -0.2) is 28.8 Å². The molecule has 0 saturated heterocycles. The molecule has 1 aliphatic carbocycles. The van der Waals surface area contributed by atoms with E-state index >= 15 is 0 Å². The minimum absolute atomic E-state index is 0.102. The number of aliphatic hydroxyl groups excluding tert-OH is 1. The molecule has 0 bridgehead atoms. The lowest BCUT2D eigenvalue weighted by atomic mass is 10.1. The third kappa shape index (κ3) is 5.30. The van der Waals surface area contributed by atoms with Crippen molar-refractivity contribution in [3.8, 4) is 0 Å². The first-order valence-electron chi connectivity index (χ1n) is 5.65. The normalized spacial score (nSPS) is 23.5. The van der Waals surface area contributed by atoms with Gasteiger partial charge in [0, 0.05) is 0 Å². The van der Waals surface area contributed by atoms with Gasteiger partial charge in [-0.15, -0.1) is 0 Å². The Kier molecular flexibility index (Phi) is 5.61. The Hall–Kier alpha value is -0.910. The summed E-state index contributed by atoms with van der Waals surface area (Å²) < 4.78 is 0. The highest BCUT2D eigenvalue weighted by Gasteiger charge is 2.38. The summed E-state index contributed by atoms with van der Waals surface area (Å²) in [5, 5.41) is 21.5. The lowest BCUT2D eigenvalue weighted by Crippen LogP contribution is -2.13. The van der Waals surface area contributed by atoms with Crippen molar-refractivity contribution in [2.45, 2.75) is 25.9 Å². The second-order valence-corrected chi connectivity index (χ2v) is 5.16. The van der Waals surface area contributed by atoms with Crippen molar-refractivity contribution in [2.75, 3.05) is 6.54 Å². The van der Waals surface area contributed by atoms with Gasteiger partial charge in [-0.05, 0) is 47.1 Å². The SMILES string of the molecule is CC1CC1C(O)Cc1ccsc1.NCC(=O)O. The maximum Gasteiger partial charge on any atom is 0.317 e. The van der Waals surface area contributed by atoms with Gasteiger partial charge in [0.05, 0.1) is 12.6 Å². The van der Waals surface area contributed by atoms with Crippen LogP contribution < -0.4 is 5.73 Å². The molecule has 96 valence electrons. The maximum atomic E-state index is 9.74. The van der Waals surface area contributed by atoms with Crippen LogP contribution in [-0.2, 0) is 11.2 Å². The monoisotopic (exact) mass is 257 g/mol. The summed E-state index contributed by atoms with van der Waals surface area (Å²) in [6.07, 6.45) is 1.96. The van der Waals surface area contributed by atoms with Gasteiger partial charge in [0.2, 0.25) is 0 Å². The van der Waals surface area contributed by atoms with Crippen LogP contribution in [0.1, 0.15) is 18.9 Å². The highest BCUT2D eigenvalue weighted by Crippen LogP contribution is 2.41. The van der Waals surface area contributed by atoms with Gasteiger partial charge < -0.3 is 15.9 Å². The van der Waals surface area contributed by atoms with E-state index in [4.69, 9.17) is 5.11 Å². The smallest absolute Gasteiger partial charge is 0.317 e. The fraction of sp³-hybridized carbons (Fsp3) is 0.583. The predicted molar refractivity (Wildman–Crippen MR) is 68.0 cm³/mol. The molecular formula is C12H19NO3S. The van der Waals surface area contributed by atoms with Crippen LogP contribution in [0, 0.1) is 11.8 Å². The van der Waals surface area contributed by atoms with Gasteiger partial charge in [-0.2, -0.15) is 11.3 Å². The van der Waals surface area contributed by atoms with E-state index < -0.39 is 5.97 Å². The second-order valence-electron chi connectivity index (χ2n) is 4.38. The molecule has 0 aliphatic heterocycles. The summed E-state index contributed by atoms with van der Waals surface area (Å²) in [7, 11) is 0. The lowest BCUT2D eigenvalue weighted by Gasteiger charge is -2.07. The number of nitrogens with two attached hydrogens (primary N) is 1. The molecule has 0 amide bonds. The fourth-order valence-electron chi connectivity index (χ4n) is 1.69. The average Bonchev–Trinajstić information content (AvgIpc) is 2.80. The molecule has 1 heterocycles. The van der Waals surface area contributed by atoms with Crippen LogP contribution in [0.2, 0.25) is 0 Å². The van der Waals surface area contributed by atoms with Gasteiger partial charge in [0.15, 0.2) is 0 Å². The summed E-state index contributed by atoms with van der Waals surface area (Å²) in [5.74, 6) is 0.355. The summed E-state index contributed by atoms with van der Waals surface area (Å²) in [4.78, 5) is 9.24. The minimum atomic E-state index is -0.968. The Morgan fingerprint density at radius 3 is 2.65 bits per heavy atom. The average molecular weight is 257 g/mol. The van der Waals surface area contributed by atoms with Gasteiger partial charge in [-0.1, -0.05) is 6.92 Å². The van der Waals surface area contributed by atoms with Crippen molar-refractivity contribution >= 4 is 17.3 Å². The highest BCUT2D eigenvalue weighted by atomic mass is 32.1. The van der Waals surface area contributed by atoms with Crippen LogP contribution in [0.5, 0.6) is 0 Å². The number of carbonyl (C=O) groups is 1. The summed E-state index contributed by atoms with van der Waals surface area (Å²) >= 11 is 1.70. The zero-order valence-corrected chi connectivity index (χ0v) is 10.7. The predicted octanol–water partition coefficient (Wildman–Crippen LogP) is 1.34. The van der Waals surface area contributed by atoms with Gasteiger partial charge in [0.25, 0.3) is 0 Å². The van der Waals surface area contributed by atoms with E-state index in [1.807, 2.05) is 0 Å². The van der Waals surface area contributed by atoms with Gasteiger partial charge >= 0.3 is 5.97 Å². The number of hydrogen-bond donors (Lipinski definition) is 3. The van der Waals surface area contributed by atoms with Gasteiger partial charge in [-0.25, -0.2) is 0 Å². The third-order valence-electron chi connectivity index (χ3n) is 2.87. The number of carboxylic acids is 1. The van der Waals surface area contributed by atoms with E-state index in [1.54, 1.807) is 11.3 Å². The van der Waals surface area contributed by atoms with E-state index in [9.17, 15) is 9.90 Å². The van der Waals surface area contributed by atoms with Crippen LogP contribution in [0.15, 0.2) is 16.8 Å². The van der Waals surface area contributed by atoms with Crippen molar-refractivity contribution in [1.82, 2.24) is 0 Å². The Morgan fingerprint density at radius 1 is 1.71 bits per heavy atom. The summed E-state index contributed by atoms with van der Waals surface area (Å²) in [6, 6.07) is 2.10. The first-order chi connectivity index (χ1) is 8.04. The molecule has 0 radical (unpaired) electrons. The quantitative estimate of drug-likeness (QED) is 0.760. The Morgan fingerprint density at radius 2 is 2.29 bits per heavy atom. The zero-order valence-electron chi connectivity index (χ0n) is 9.87. The minimum Gasteiger partial charge on any atom is -0.480 e. The van der Waals surface area contributed by atoms with E-state index in [2.05, 4.69) is 29.5 Å². The molecule has 4 N–H and O–H groups in total. The number of carboxylic acid groups (broad SMARTS) is 1. The lowest BCUT2D eigenvalue weighted by molar-refractivity contribution is -0.135. The first kappa shape index (κ1) is 14.2. The largest absolute Gasteiger partial charge is 0.480 e. The molecule has 17 heavy (non-hydrogen) atoms. The fourth-order valence-corrected chi connectivity index (χ4v) is 2.37. The third-order valence-corrected chi connectivity index (χ3v) is 3.60. The molecule has 3 unspecified atom stereocenters. The molecule has 1 aromatic heterocycles. The second kappa shape index (κ2) is 6.74. The molecule has 3 atom stereocenters. The maximum absolute atomic E-state index is 9.74. The Labute approximate surface area is 105 Å². The summed E-state index contributed by atoms with van der Waals surface area (Å²) in [6.45, 7) is 1.93. The standard InChI is InChI=1S/C10H14OS.C2H5NO2/c1-7-4-9(7)10(11)5-8-2-3-12-6-8;3-1-2(4)5/h2-3,6-7,9-11H,4-5H2,1H3;1,3H2,(H,4,5). The van der Waals surface area contributed by atoms with Crippen molar-refractivity contribution in [2.24, 2.45) is 17.6 Å². The zero-order chi connectivity index (χ0) is 12.8. The number of rotatable bonds is 4. The van der Waals surface area contributed by atoms with Crippen LogP contribution >= 0.6 is 11.3 Å². The number of aliphatic carboxylic acids is 1. The topological polar surface area (TPSA) is 83.5 Å². The van der Waals surface area contributed by atoms with E-state index in [0.29, 0.717) is 5.92 Å². The molecular weight excluding hydrogens is 238 g/mol. The molecule has 0 aromatic carbocycles. The van der Waals surface area contributed by atoms with Crippen molar-refractivity contribution in [3.05, 3.63) is 22.4 Å². The van der Waals surface area contributed by atoms with Crippen LogP contribution in [0.3, 0.4) is 0 Å². The summed E-state index contributed by atoms with van der Waals surface area (Å²) in [5.41, 5.74) is 5.86. The van der Waals surface area contributed by atoms with Crippen molar-refractivity contribution in [1.29, 1.82) is 0 Å². The van der Waals surface area contributed by atoms with E-state index in [0.717, 1.165) is 12.3 Å². The highest BCUT2D eigenvalue weighted by molar-refractivity contribution is 7.07. The number of thiophene rings is 1. The Bertz CT molecular complexity index is 340. The molecule has 1 aromatic rings. The molecule has 0 spiro atoms. The van der Waals surface area contributed by atoms with E-state index in [1.165, 1.54) is 12.0 Å². The first-order valence-corrected chi connectivity index (χ1v) is 6.59. The van der Waals surface area contributed by atoms with E-state index in [-0.39, 0.29) is 12.6 Å².